The van der Waals surface area contributed by atoms with E-state index in [9.17, 15) is 8.42 Å². The van der Waals surface area contributed by atoms with Crippen molar-refractivity contribution in [1.82, 2.24) is 9.44 Å². The van der Waals surface area contributed by atoms with E-state index >= 15 is 0 Å². The van der Waals surface area contributed by atoms with Gasteiger partial charge in [-0.1, -0.05) is 13.0 Å². The summed E-state index contributed by atoms with van der Waals surface area (Å²) in [6, 6.07) is 5.15. The third kappa shape index (κ3) is 4.52. The van der Waals surface area contributed by atoms with Crippen molar-refractivity contribution >= 4 is 15.9 Å². The van der Waals surface area contributed by atoms with Crippen molar-refractivity contribution in [3.8, 4) is 5.75 Å². The Hall–Kier alpha value is -1.31. The van der Waals surface area contributed by atoms with Crippen LogP contribution < -0.4 is 19.9 Å². The van der Waals surface area contributed by atoms with E-state index in [0.29, 0.717) is 18.0 Å². The van der Waals surface area contributed by atoms with Gasteiger partial charge in [0.15, 0.2) is 0 Å². The van der Waals surface area contributed by atoms with Gasteiger partial charge in [0.05, 0.1) is 12.8 Å². The second-order valence-electron chi connectivity index (χ2n) is 3.80. The second kappa shape index (κ2) is 6.58. The van der Waals surface area contributed by atoms with Crippen LogP contribution in [0.25, 0.3) is 0 Å². The van der Waals surface area contributed by atoms with Gasteiger partial charge >= 0.3 is 0 Å². The summed E-state index contributed by atoms with van der Waals surface area (Å²) in [5.74, 6) is 0.575. The lowest BCUT2D eigenvalue weighted by molar-refractivity contribution is 0.417. The maximum absolute atomic E-state index is 11.5. The topological polar surface area (TPSA) is 93.5 Å². The highest BCUT2D eigenvalue weighted by molar-refractivity contribution is 7.87. The highest BCUT2D eigenvalue weighted by Crippen LogP contribution is 2.21. The van der Waals surface area contributed by atoms with Gasteiger partial charge in [0, 0.05) is 13.1 Å². The van der Waals surface area contributed by atoms with E-state index in [0.717, 1.165) is 12.0 Å². The van der Waals surface area contributed by atoms with Crippen LogP contribution in [0.4, 0.5) is 5.69 Å². The quantitative estimate of drug-likeness (QED) is 0.635. The van der Waals surface area contributed by atoms with Gasteiger partial charge < -0.3 is 10.5 Å². The van der Waals surface area contributed by atoms with Gasteiger partial charge in [0.2, 0.25) is 0 Å². The summed E-state index contributed by atoms with van der Waals surface area (Å²) < 4.78 is 32.9. The van der Waals surface area contributed by atoms with Gasteiger partial charge in [-0.3, -0.25) is 0 Å². The molecule has 0 saturated carbocycles. The number of anilines is 1. The standard InChI is InChI=1S/C11H19N3O3S/c1-3-6-13-18(15,16)14-8-9-4-5-11(17-2)10(12)7-9/h4-5,7,13-14H,3,6,8,12H2,1-2H3. The fourth-order valence-electron chi connectivity index (χ4n) is 1.36. The first-order valence-electron chi connectivity index (χ1n) is 5.65. The number of benzene rings is 1. The minimum Gasteiger partial charge on any atom is -0.495 e. The molecule has 0 aliphatic carbocycles. The van der Waals surface area contributed by atoms with Gasteiger partial charge in [-0.25, -0.2) is 4.72 Å². The number of nitrogens with two attached hydrogens (primary N) is 1. The lowest BCUT2D eigenvalue weighted by atomic mass is 10.2. The van der Waals surface area contributed by atoms with E-state index in [1.165, 1.54) is 7.11 Å². The Balaban J connectivity index is 2.61. The number of nitrogens with one attached hydrogen (secondary N) is 2. The number of nitrogen functional groups attached to an aromatic ring is 1. The normalized spacial score (nSPS) is 11.4. The number of methoxy groups -OCH3 is 1. The van der Waals surface area contributed by atoms with Crippen molar-refractivity contribution in [2.24, 2.45) is 0 Å². The Morgan fingerprint density at radius 3 is 2.61 bits per heavy atom. The molecule has 0 spiro atoms. The first kappa shape index (κ1) is 14.7. The molecule has 4 N–H and O–H groups in total. The Bertz CT molecular complexity index is 488. The summed E-state index contributed by atoms with van der Waals surface area (Å²) in [7, 11) is -1.91. The summed E-state index contributed by atoms with van der Waals surface area (Å²) >= 11 is 0. The van der Waals surface area contributed by atoms with Crippen LogP contribution in [-0.2, 0) is 16.8 Å². The molecule has 0 aliphatic rings. The minimum absolute atomic E-state index is 0.188. The molecule has 0 unspecified atom stereocenters. The molecule has 0 saturated heterocycles. The molecule has 6 nitrogen and oxygen atoms in total. The number of hydrogen-bond donors (Lipinski definition) is 3. The smallest absolute Gasteiger partial charge is 0.277 e. The third-order valence-electron chi connectivity index (χ3n) is 2.30. The summed E-state index contributed by atoms with van der Waals surface area (Å²) in [5.41, 5.74) is 6.99. The van der Waals surface area contributed by atoms with E-state index in [2.05, 4.69) is 9.44 Å². The van der Waals surface area contributed by atoms with E-state index < -0.39 is 10.2 Å². The molecule has 0 aliphatic heterocycles. The highest BCUT2D eigenvalue weighted by Gasteiger charge is 2.08. The van der Waals surface area contributed by atoms with Crippen LogP contribution in [-0.4, -0.2) is 22.1 Å². The first-order valence-corrected chi connectivity index (χ1v) is 7.13. The molecule has 0 atom stereocenters. The maximum atomic E-state index is 11.5. The van der Waals surface area contributed by atoms with E-state index in [1.807, 2.05) is 6.92 Å². The van der Waals surface area contributed by atoms with Crippen LogP contribution in [0.3, 0.4) is 0 Å². The Morgan fingerprint density at radius 1 is 1.33 bits per heavy atom. The fraction of sp³-hybridized carbons (Fsp3) is 0.455. The average Bonchev–Trinajstić information content (AvgIpc) is 2.34. The number of hydrogen-bond acceptors (Lipinski definition) is 4. The third-order valence-corrected chi connectivity index (χ3v) is 3.41. The van der Waals surface area contributed by atoms with Gasteiger partial charge in [0.1, 0.15) is 5.75 Å². The first-order chi connectivity index (χ1) is 8.48. The van der Waals surface area contributed by atoms with Crippen molar-refractivity contribution < 1.29 is 13.2 Å². The monoisotopic (exact) mass is 273 g/mol. The summed E-state index contributed by atoms with van der Waals surface area (Å²) in [6.07, 6.45) is 0.746. The maximum Gasteiger partial charge on any atom is 0.277 e. The molecule has 102 valence electrons. The molecule has 7 heteroatoms. The van der Waals surface area contributed by atoms with Gasteiger partial charge in [0.25, 0.3) is 10.2 Å². The van der Waals surface area contributed by atoms with Crippen molar-refractivity contribution in [2.45, 2.75) is 19.9 Å². The number of rotatable bonds is 7. The average molecular weight is 273 g/mol. The van der Waals surface area contributed by atoms with Crippen LogP contribution in [0.1, 0.15) is 18.9 Å². The summed E-state index contributed by atoms with van der Waals surface area (Å²) in [4.78, 5) is 0. The van der Waals surface area contributed by atoms with Crippen LogP contribution >= 0.6 is 0 Å². The van der Waals surface area contributed by atoms with Crippen LogP contribution in [0, 0.1) is 0 Å². The minimum atomic E-state index is -3.44. The fourth-order valence-corrected chi connectivity index (χ4v) is 2.29. The molecule has 0 fully saturated rings. The second-order valence-corrected chi connectivity index (χ2v) is 5.38. The molecule has 1 rings (SSSR count). The van der Waals surface area contributed by atoms with E-state index in [4.69, 9.17) is 10.5 Å². The molecular weight excluding hydrogens is 254 g/mol. The van der Waals surface area contributed by atoms with Crippen molar-refractivity contribution in [2.75, 3.05) is 19.4 Å². The summed E-state index contributed by atoms with van der Waals surface area (Å²) in [5, 5.41) is 0. The molecule has 0 radical (unpaired) electrons. The lowest BCUT2D eigenvalue weighted by Crippen LogP contribution is -2.36. The largest absolute Gasteiger partial charge is 0.495 e. The molecule has 1 aromatic rings. The molecule has 0 amide bonds. The zero-order chi connectivity index (χ0) is 13.6. The highest BCUT2D eigenvalue weighted by atomic mass is 32.2. The molecule has 0 bridgehead atoms. The van der Waals surface area contributed by atoms with E-state index in [-0.39, 0.29) is 6.54 Å². The molecule has 1 aromatic carbocycles. The zero-order valence-corrected chi connectivity index (χ0v) is 11.4. The van der Waals surface area contributed by atoms with Crippen LogP contribution in [0.5, 0.6) is 5.75 Å². The molecule has 18 heavy (non-hydrogen) atoms. The van der Waals surface area contributed by atoms with Crippen molar-refractivity contribution in [3.63, 3.8) is 0 Å². The Kier molecular flexibility index (Phi) is 5.39. The van der Waals surface area contributed by atoms with Gasteiger partial charge in [-0.2, -0.15) is 13.1 Å². The van der Waals surface area contributed by atoms with Gasteiger partial charge in [-0.05, 0) is 24.1 Å². The Morgan fingerprint density at radius 2 is 2.06 bits per heavy atom. The Labute approximate surface area is 108 Å². The zero-order valence-electron chi connectivity index (χ0n) is 10.6. The summed E-state index contributed by atoms with van der Waals surface area (Å²) in [6.45, 7) is 2.50. The lowest BCUT2D eigenvalue weighted by Gasteiger charge is -2.09. The van der Waals surface area contributed by atoms with Crippen molar-refractivity contribution in [3.05, 3.63) is 23.8 Å². The predicted octanol–water partition coefficient (Wildman–Crippen LogP) is 0.611. The molecule has 0 aromatic heterocycles. The predicted molar refractivity (Wildman–Crippen MR) is 71.5 cm³/mol. The molecular formula is C11H19N3O3S. The van der Waals surface area contributed by atoms with Crippen LogP contribution in [0.2, 0.25) is 0 Å². The SMILES string of the molecule is CCCNS(=O)(=O)NCc1ccc(OC)c(N)c1. The van der Waals surface area contributed by atoms with Gasteiger partial charge in [-0.15, -0.1) is 0 Å². The number of ether oxygens (including phenoxy) is 1. The van der Waals surface area contributed by atoms with E-state index in [1.54, 1.807) is 18.2 Å². The van der Waals surface area contributed by atoms with Crippen LogP contribution in [0.15, 0.2) is 18.2 Å². The molecule has 0 heterocycles. The van der Waals surface area contributed by atoms with Crippen molar-refractivity contribution in [1.29, 1.82) is 0 Å².